The van der Waals surface area contributed by atoms with Gasteiger partial charge in [-0.25, -0.2) is 0 Å². The van der Waals surface area contributed by atoms with Gasteiger partial charge in [0.1, 0.15) is 5.75 Å². The van der Waals surface area contributed by atoms with E-state index in [2.05, 4.69) is 15.6 Å². The Hall–Kier alpha value is -3.05. The van der Waals surface area contributed by atoms with Crippen LogP contribution >= 0.6 is 11.6 Å². The van der Waals surface area contributed by atoms with Gasteiger partial charge in [0, 0.05) is 17.6 Å². The molecule has 5 nitrogen and oxygen atoms in total. The van der Waals surface area contributed by atoms with Crippen molar-refractivity contribution in [1.82, 2.24) is 4.98 Å². The summed E-state index contributed by atoms with van der Waals surface area (Å²) in [5.74, 6) is 0.384. The number of aryl methyl sites for hydroxylation is 2. The molecule has 0 unspecified atom stereocenters. The second-order valence-electron chi connectivity index (χ2n) is 6.21. The minimum absolute atomic E-state index is 0.215. The van der Waals surface area contributed by atoms with Gasteiger partial charge in [-0.3, -0.25) is 9.78 Å². The minimum atomic E-state index is -0.215. The third-order valence-corrected chi connectivity index (χ3v) is 4.38. The number of nitrogens with one attached hydrogen (secondary N) is 2. The van der Waals surface area contributed by atoms with Gasteiger partial charge in [-0.1, -0.05) is 23.7 Å². The summed E-state index contributed by atoms with van der Waals surface area (Å²) < 4.78 is 5.15. The van der Waals surface area contributed by atoms with Crippen LogP contribution in [0.3, 0.4) is 0 Å². The summed E-state index contributed by atoms with van der Waals surface area (Å²) in [6, 6.07) is 13.0. The van der Waals surface area contributed by atoms with Crippen molar-refractivity contribution in [2.45, 2.75) is 13.8 Å². The highest BCUT2D eigenvalue weighted by Gasteiger charge is 2.10. The molecule has 0 aliphatic carbocycles. The van der Waals surface area contributed by atoms with Crippen molar-refractivity contribution < 1.29 is 9.53 Å². The highest BCUT2D eigenvalue weighted by Crippen LogP contribution is 2.29. The Kier molecular flexibility index (Phi) is 5.62. The summed E-state index contributed by atoms with van der Waals surface area (Å²) in [7, 11) is 1.57. The van der Waals surface area contributed by atoms with Crippen molar-refractivity contribution in [3.05, 3.63) is 76.6 Å². The number of benzene rings is 2. The maximum absolute atomic E-state index is 12.6. The normalized spacial score (nSPS) is 10.4. The smallest absolute Gasteiger partial charge is 0.257 e. The highest BCUT2D eigenvalue weighted by molar-refractivity contribution is 6.32. The maximum atomic E-state index is 12.6. The first-order chi connectivity index (χ1) is 13.0. The van der Waals surface area contributed by atoms with Gasteiger partial charge < -0.3 is 15.4 Å². The number of carbonyl (C=O) groups excluding carboxylic acids is 1. The summed E-state index contributed by atoms with van der Waals surface area (Å²) in [5, 5.41) is 6.63. The molecule has 1 aromatic heterocycles. The lowest BCUT2D eigenvalue weighted by Crippen LogP contribution is -2.13. The van der Waals surface area contributed by atoms with Crippen LogP contribution in [-0.2, 0) is 0 Å². The number of ether oxygens (including phenoxy) is 1. The standard InChI is InChI=1S/C21H20ClN3O2/c1-13-4-5-14(2)19(8-13)25-21(26)15-9-17(12-23-11-15)24-16-6-7-20(27-3)18(22)10-16/h4-12,24H,1-3H3,(H,25,26). The van der Waals surface area contributed by atoms with Gasteiger partial charge >= 0.3 is 0 Å². The number of pyridine rings is 1. The second-order valence-corrected chi connectivity index (χ2v) is 6.62. The predicted molar refractivity (Wildman–Crippen MR) is 109 cm³/mol. The maximum Gasteiger partial charge on any atom is 0.257 e. The molecule has 0 atom stereocenters. The molecule has 0 fully saturated rings. The molecule has 6 heteroatoms. The quantitative estimate of drug-likeness (QED) is 0.624. The van der Waals surface area contributed by atoms with Crippen molar-refractivity contribution in [3.63, 3.8) is 0 Å². The number of anilines is 3. The molecule has 27 heavy (non-hydrogen) atoms. The number of rotatable bonds is 5. The van der Waals surface area contributed by atoms with E-state index in [0.717, 1.165) is 22.5 Å². The van der Waals surface area contributed by atoms with Crippen LogP contribution in [0.15, 0.2) is 54.9 Å². The fraction of sp³-hybridized carbons (Fsp3) is 0.143. The van der Waals surface area contributed by atoms with Gasteiger partial charge in [0.15, 0.2) is 0 Å². The molecular weight excluding hydrogens is 362 g/mol. The lowest BCUT2D eigenvalue weighted by Gasteiger charge is -2.11. The van der Waals surface area contributed by atoms with E-state index >= 15 is 0 Å². The molecule has 0 spiro atoms. The van der Waals surface area contributed by atoms with Crippen LogP contribution in [0, 0.1) is 13.8 Å². The number of halogens is 1. The van der Waals surface area contributed by atoms with Crippen molar-refractivity contribution in [2.24, 2.45) is 0 Å². The number of methoxy groups -OCH3 is 1. The Balaban J connectivity index is 1.77. The molecule has 138 valence electrons. The number of hydrogen-bond acceptors (Lipinski definition) is 4. The zero-order valence-corrected chi connectivity index (χ0v) is 16.1. The van der Waals surface area contributed by atoms with Crippen molar-refractivity contribution >= 4 is 34.6 Å². The molecule has 0 saturated carbocycles. The van der Waals surface area contributed by atoms with Crippen LogP contribution in [-0.4, -0.2) is 18.0 Å². The van der Waals surface area contributed by atoms with Gasteiger partial charge in [0.25, 0.3) is 5.91 Å². The summed E-state index contributed by atoms with van der Waals surface area (Å²) in [4.78, 5) is 16.8. The largest absolute Gasteiger partial charge is 0.495 e. The van der Waals surface area contributed by atoms with Gasteiger partial charge in [0.05, 0.1) is 29.6 Å². The van der Waals surface area contributed by atoms with E-state index in [1.54, 1.807) is 31.5 Å². The third kappa shape index (κ3) is 4.57. The molecular formula is C21H20ClN3O2. The first-order valence-electron chi connectivity index (χ1n) is 8.40. The predicted octanol–water partition coefficient (Wildman–Crippen LogP) is 5.36. The molecule has 0 saturated heterocycles. The fourth-order valence-corrected chi connectivity index (χ4v) is 2.87. The van der Waals surface area contributed by atoms with E-state index in [4.69, 9.17) is 16.3 Å². The Morgan fingerprint density at radius 1 is 1.04 bits per heavy atom. The molecule has 3 rings (SSSR count). The Bertz CT molecular complexity index is 989. The zero-order chi connectivity index (χ0) is 19.4. The van der Waals surface area contributed by atoms with E-state index in [1.165, 1.54) is 6.20 Å². The van der Waals surface area contributed by atoms with E-state index < -0.39 is 0 Å². The van der Waals surface area contributed by atoms with E-state index in [0.29, 0.717) is 22.0 Å². The summed E-state index contributed by atoms with van der Waals surface area (Å²) in [6.45, 7) is 3.94. The second kappa shape index (κ2) is 8.10. The van der Waals surface area contributed by atoms with Crippen molar-refractivity contribution in [3.8, 4) is 5.75 Å². The molecule has 1 heterocycles. The fourth-order valence-electron chi connectivity index (χ4n) is 2.61. The van der Waals surface area contributed by atoms with Gasteiger partial charge in [-0.15, -0.1) is 0 Å². The lowest BCUT2D eigenvalue weighted by molar-refractivity contribution is 0.102. The van der Waals surface area contributed by atoms with Crippen LogP contribution in [0.5, 0.6) is 5.75 Å². The molecule has 3 aromatic rings. The first kappa shape index (κ1) is 18.7. The molecule has 0 radical (unpaired) electrons. The SMILES string of the molecule is COc1ccc(Nc2cncc(C(=O)Nc3cc(C)ccc3C)c2)cc1Cl. The topological polar surface area (TPSA) is 63.2 Å². The molecule has 2 N–H and O–H groups in total. The van der Waals surface area contributed by atoms with Crippen molar-refractivity contribution in [2.75, 3.05) is 17.7 Å². The van der Waals surface area contributed by atoms with Crippen molar-refractivity contribution in [1.29, 1.82) is 0 Å². The van der Waals surface area contributed by atoms with E-state index in [-0.39, 0.29) is 5.91 Å². The van der Waals surface area contributed by atoms with Gasteiger partial charge in [-0.2, -0.15) is 0 Å². The molecule has 1 amide bonds. The summed E-state index contributed by atoms with van der Waals surface area (Å²) >= 11 is 6.15. The Morgan fingerprint density at radius 2 is 1.85 bits per heavy atom. The highest BCUT2D eigenvalue weighted by atomic mass is 35.5. The molecule has 0 aliphatic rings. The number of nitrogens with zero attached hydrogens (tertiary/aromatic N) is 1. The molecule has 0 aliphatic heterocycles. The monoisotopic (exact) mass is 381 g/mol. The minimum Gasteiger partial charge on any atom is -0.495 e. The van der Waals surface area contributed by atoms with Crippen LogP contribution in [0.4, 0.5) is 17.1 Å². The van der Waals surface area contributed by atoms with Crippen LogP contribution in [0.1, 0.15) is 21.5 Å². The number of amides is 1. The zero-order valence-electron chi connectivity index (χ0n) is 15.3. The number of hydrogen-bond donors (Lipinski definition) is 2. The van der Waals surface area contributed by atoms with Crippen LogP contribution in [0.25, 0.3) is 0 Å². The summed E-state index contributed by atoms with van der Waals surface area (Å²) in [5.41, 5.74) is 4.80. The number of aromatic nitrogens is 1. The molecule has 0 bridgehead atoms. The van der Waals surface area contributed by atoms with Crippen LogP contribution < -0.4 is 15.4 Å². The van der Waals surface area contributed by atoms with E-state index in [9.17, 15) is 4.79 Å². The first-order valence-corrected chi connectivity index (χ1v) is 8.78. The average Bonchev–Trinajstić information content (AvgIpc) is 2.65. The van der Waals surface area contributed by atoms with Gasteiger partial charge in [0.2, 0.25) is 0 Å². The number of carbonyl (C=O) groups is 1. The van der Waals surface area contributed by atoms with E-state index in [1.807, 2.05) is 38.1 Å². The van der Waals surface area contributed by atoms with Gasteiger partial charge in [-0.05, 0) is 55.3 Å². The molecule has 2 aromatic carbocycles. The Morgan fingerprint density at radius 3 is 2.59 bits per heavy atom. The lowest BCUT2D eigenvalue weighted by atomic mass is 10.1. The Labute approximate surface area is 163 Å². The average molecular weight is 382 g/mol. The third-order valence-electron chi connectivity index (χ3n) is 4.08. The summed E-state index contributed by atoms with van der Waals surface area (Å²) in [6.07, 6.45) is 3.18. The van der Waals surface area contributed by atoms with Crippen LogP contribution in [0.2, 0.25) is 5.02 Å².